The van der Waals surface area contributed by atoms with E-state index in [1.807, 2.05) is 0 Å². The SMILES string of the molecule is COC(=O)c1ccc(CN2C(=O)N[C@@](C)(c3ccc(OC)cc3)C2=O)o1. The first-order valence-corrected chi connectivity index (χ1v) is 7.84. The van der Waals surface area contributed by atoms with E-state index in [1.165, 1.54) is 19.2 Å². The van der Waals surface area contributed by atoms with Crippen molar-refractivity contribution in [3.05, 3.63) is 53.5 Å². The largest absolute Gasteiger partial charge is 0.497 e. The normalized spacial score (nSPS) is 19.4. The van der Waals surface area contributed by atoms with Crippen molar-refractivity contribution in [1.29, 1.82) is 0 Å². The van der Waals surface area contributed by atoms with Crippen LogP contribution in [0.4, 0.5) is 4.79 Å². The van der Waals surface area contributed by atoms with Crippen LogP contribution in [-0.2, 0) is 21.6 Å². The maximum atomic E-state index is 12.9. The lowest BCUT2D eigenvalue weighted by molar-refractivity contribution is -0.131. The Hall–Kier alpha value is -3.29. The number of amides is 3. The number of carbonyl (C=O) groups is 3. The first-order valence-electron chi connectivity index (χ1n) is 7.84. The molecule has 1 aromatic heterocycles. The second-order valence-corrected chi connectivity index (χ2v) is 5.93. The molecule has 1 aliphatic heterocycles. The van der Waals surface area contributed by atoms with Gasteiger partial charge in [-0.15, -0.1) is 0 Å². The van der Waals surface area contributed by atoms with Crippen LogP contribution in [0.5, 0.6) is 5.75 Å². The number of hydrogen-bond acceptors (Lipinski definition) is 6. The molecule has 3 amide bonds. The zero-order valence-corrected chi connectivity index (χ0v) is 14.6. The summed E-state index contributed by atoms with van der Waals surface area (Å²) >= 11 is 0. The lowest BCUT2D eigenvalue weighted by atomic mass is 9.92. The van der Waals surface area contributed by atoms with Gasteiger partial charge in [-0.25, -0.2) is 9.59 Å². The van der Waals surface area contributed by atoms with Gasteiger partial charge in [-0.1, -0.05) is 12.1 Å². The van der Waals surface area contributed by atoms with Gasteiger partial charge in [0.25, 0.3) is 5.91 Å². The van der Waals surface area contributed by atoms with Crippen LogP contribution in [0, 0.1) is 0 Å². The van der Waals surface area contributed by atoms with Gasteiger partial charge in [-0.2, -0.15) is 0 Å². The third-order valence-electron chi connectivity index (χ3n) is 4.30. The minimum absolute atomic E-state index is 0.00692. The van der Waals surface area contributed by atoms with E-state index in [1.54, 1.807) is 38.3 Å². The first-order chi connectivity index (χ1) is 12.4. The van der Waals surface area contributed by atoms with Gasteiger partial charge in [0.1, 0.15) is 17.0 Å². The highest BCUT2D eigenvalue weighted by atomic mass is 16.5. The van der Waals surface area contributed by atoms with E-state index in [4.69, 9.17) is 9.15 Å². The summed E-state index contributed by atoms with van der Waals surface area (Å²) in [4.78, 5) is 37.7. The number of hydrogen-bond donors (Lipinski definition) is 1. The van der Waals surface area contributed by atoms with Crippen molar-refractivity contribution in [2.24, 2.45) is 0 Å². The Balaban J connectivity index is 1.81. The smallest absolute Gasteiger partial charge is 0.373 e. The lowest BCUT2D eigenvalue weighted by Crippen LogP contribution is -2.40. The van der Waals surface area contributed by atoms with Gasteiger partial charge in [-0.3, -0.25) is 9.69 Å². The summed E-state index contributed by atoms with van der Waals surface area (Å²) in [5.41, 5.74) is -0.560. The average molecular weight is 358 g/mol. The number of rotatable bonds is 5. The molecule has 2 aromatic rings. The van der Waals surface area contributed by atoms with Gasteiger partial charge in [-0.05, 0) is 36.8 Å². The Bertz CT molecular complexity index is 857. The van der Waals surface area contributed by atoms with E-state index in [9.17, 15) is 14.4 Å². The van der Waals surface area contributed by atoms with E-state index in [0.717, 1.165) is 4.90 Å². The maximum absolute atomic E-state index is 12.9. The van der Waals surface area contributed by atoms with Gasteiger partial charge >= 0.3 is 12.0 Å². The van der Waals surface area contributed by atoms with Crippen molar-refractivity contribution >= 4 is 17.9 Å². The minimum Gasteiger partial charge on any atom is -0.497 e. The van der Waals surface area contributed by atoms with E-state index in [2.05, 4.69) is 10.1 Å². The highest BCUT2D eigenvalue weighted by Gasteiger charge is 2.49. The van der Waals surface area contributed by atoms with Gasteiger partial charge < -0.3 is 19.2 Å². The van der Waals surface area contributed by atoms with Crippen molar-refractivity contribution in [3.8, 4) is 5.75 Å². The van der Waals surface area contributed by atoms with Gasteiger partial charge in [0, 0.05) is 0 Å². The molecular formula is C18H18N2O6. The number of nitrogens with one attached hydrogen (secondary N) is 1. The average Bonchev–Trinajstić information content (AvgIpc) is 3.20. The molecule has 26 heavy (non-hydrogen) atoms. The molecule has 0 aliphatic carbocycles. The summed E-state index contributed by atoms with van der Waals surface area (Å²) in [6.45, 7) is 1.55. The minimum atomic E-state index is -1.19. The Morgan fingerprint density at radius 3 is 2.46 bits per heavy atom. The molecule has 0 saturated carbocycles. The molecule has 8 nitrogen and oxygen atoms in total. The molecule has 1 N–H and O–H groups in total. The number of benzene rings is 1. The summed E-state index contributed by atoms with van der Waals surface area (Å²) in [5, 5.41) is 2.71. The van der Waals surface area contributed by atoms with Gasteiger partial charge in [0.15, 0.2) is 0 Å². The number of nitrogens with zero attached hydrogens (tertiary/aromatic N) is 1. The predicted octanol–water partition coefficient (Wildman–Crippen LogP) is 2.04. The lowest BCUT2D eigenvalue weighted by Gasteiger charge is -2.22. The second kappa shape index (κ2) is 6.55. The number of urea groups is 1. The van der Waals surface area contributed by atoms with Crippen LogP contribution in [0.1, 0.15) is 28.8 Å². The quantitative estimate of drug-likeness (QED) is 0.649. The maximum Gasteiger partial charge on any atom is 0.373 e. The van der Waals surface area contributed by atoms with Crippen LogP contribution in [0.3, 0.4) is 0 Å². The van der Waals surface area contributed by atoms with Crippen LogP contribution in [0.25, 0.3) is 0 Å². The number of carbonyl (C=O) groups excluding carboxylic acids is 3. The predicted molar refractivity (Wildman–Crippen MR) is 89.5 cm³/mol. The second-order valence-electron chi connectivity index (χ2n) is 5.93. The topological polar surface area (TPSA) is 98.1 Å². The number of methoxy groups -OCH3 is 2. The molecule has 0 spiro atoms. The summed E-state index contributed by atoms with van der Waals surface area (Å²) in [6.07, 6.45) is 0. The highest BCUT2D eigenvalue weighted by Crippen LogP contribution is 2.31. The third kappa shape index (κ3) is 2.90. The Kier molecular flexibility index (Phi) is 4.41. The molecule has 1 saturated heterocycles. The molecule has 2 heterocycles. The van der Waals surface area contributed by atoms with Crippen molar-refractivity contribution < 1.29 is 28.3 Å². The van der Waals surface area contributed by atoms with E-state index in [0.29, 0.717) is 17.1 Å². The van der Waals surface area contributed by atoms with E-state index in [-0.39, 0.29) is 12.3 Å². The standard InChI is InChI=1S/C18H18N2O6/c1-18(11-4-6-12(24-2)7-5-11)16(22)20(17(23)19-18)10-13-8-9-14(26-13)15(21)25-3/h4-9H,10H2,1-3H3,(H,19,23)/t18-/m0/s1. The summed E-state index contributed by atoms with van der Waals surface area (Å²) in [7, 11) is 2.79. The van der Waals surface area contributed by atoms with Crippen LogP contribution in [-0.4, -0.2) is 37.0 Å². The fourth-order valence-corrected chi connectivity index (χ4v) is 2.79. The fraction of sp³-hybridized carbons (Fsp3) is 0.278. The fourth-order valence-electron chi connectivity index (χ4n) is 2.79. The number of imide groups is 1. The van der Waals surface area contributed by atoms with Crippen LogP contribution in [0.15, 0.2) is 40.8 Å². The molecule has 1 atom stereocenters. The Morgan fingerprint density at radius 2 is 1.85 bits per heavy atom. The highest BCUT2D eigenvalue weighted by molar-refractivity contribution is 6.07. The number of furan rings is 1. The Labute approximate surface area is 149 Å². The monoisotopic (exact) mass is 358 g/mol. The van der Waals surface area contributed by atoms with E-state index < -0.39 is 23.4 Å². The summed E-state index contributed by atoms with van der Waals surface area (Å²) < 4.78 is 15.0. The van der Waals surface area contributed by atoms with Gasteiger partial charge in [0.05, 0.1) is 20.8 Å². The van der Waals surface area contributed by atoms with Crippen LogP contribution < -0.4 is 10.1 Å². The molecule has 0 unspecified atom stereocenters. The molecule has 1 fully saturated rings. The number of ether oxygens (including phenoxy) is 2. The van der Waals surface area contributed by atoms with Gasteiger partial charge in [0.2, 0.25) is 5.76 Å². The summed E-state index contributed by atoms with van der Waals surface area (Å²) in [6, 6.07) is 9.31. The first kappa shape index (κ1) is 17.5. The number of esters is 1. The van der Waals surface area contributed by atoms with Crippen molar-refractivity contribution in [2.75, 3.05) is 14.2 Å². The molecule has 0 radical (unpaired) electrons. The van der Waals surface area contributed by atoms with Crippen molar-refractivity contribution in [1.82, 2.24) is 10.2 Å². The molecular weight excluding hydrogens is 340 g/mol. The molecule has 1 aromatic carbocycles. The molecule has 136 valence electrons. The van der Waals surface area contributed by atoms with Crippen LogP contribution >= 0.6 is 0 Å². The zero-order valence-electron chi connectivity index (χ0n) is 14.6. The molecule has 0 bridgehead atoms. The molecule has 3 rings (SSSR count). The zero-order chi connectivity index (χ0) is 18.9. The summed E-state index contributed by atoms with van der Waals surface area (Å²) in [5.74, 6) is -0.0857. The third-order valence-corrected chi connectivity index (χ3v) is 4.30. The molecule has 1 aliphatic rings. The molecule has 8 heteroatoms. The van der Waals surface area contributed by atoms with E-state index >= 15 is 0 Å². The van der Waals surface area contributed by atoms with Crippen LogP contribution in [0.2, 0.25) is 0 Å². The Morgan fingerprint density at radius 1 is 1.15 bits per heavy atom. The van der Waals surface area contributed by atoms with Crippen molar-refractivity contribution in [2.45, 2.75) is 19.0 Å². The van der Waals surface area contributed by atoms with Crippen molar-refractivity contribution in [3.63, 3.8) is 0 Å².